The summed E-state index contributed by atoms with van der Waals surface area (Å²) in [7, 11) is 0. The molecule has 1 aromatic rings. The van der Waals surface area contributed by atoms with Crippen molar-refractivity contribution in [1.82, 2.24) is 4.90 Å². The average molecular weight is 446 g/mol. The summed E-state index contributed by atoms with van der Waals surface area (Å²) in [4.78, 5) is 15.4. The summed E-state index contributed by atoms with van der Waals surface area (Å²) in [5.41, 5.74) is 0. The van der Waals surface area contributed by atoms with Crippen LogP contribution < -0.4 is 0 Å². The first-order valence-electron chi connectivity index (χ1n) is 5.37. The Kier molecular flexibility index (Phi) is 4.72. The zero-order valence-corrected chi connectivity index (χ0v) is 14.8. The van der Waals surface area contributed by atoms with E-state index in [9.17, 15) is 4.79 Å². The molecule has 2 nitrogen and oxygen atoms in total. The maximum atomic E-state index is 12.3. The van der Waals surface area contributed by atoms with Crippen molar-refractivity contribution >= 4 is 65.0 Å². The Morgan fingerprint density at radius 3 is 2.76 bits per heavy atom. The van der Waals surface area contributed by atoms with E-state index in [1.807, 2.05) is 11.0 Å². The fourth-order valence-electron chi connectivity index (χ4n) is 1.81. The molecule has 0 radical (unpaired) electrons. The number of piperidine rings is 1. The van der Waals surface area contributed by atoms with Crippen molar-refractivity contribution in [3.63, 3.8) is 0 Å². The van der Waals surface area contributed by atoms with Gasteiger partial charge in [-0.1, -0.05) is 22.9 Å². The minimum atomic E-state index is 0.137. The Balaban J connectivity index is 2.10. The van der Waals surface area contributed by atoms with E-state index in [-0.39, 0.29) is 5.91 Å². The predicted octanol–water partition coefficient (Wildman–Crippen LogP) is 4.52. The van der Waals surface area contributed by atoms with E-state index in [0.717, 1.165) is 32.6 Å². The van der Waals surface area contributed by atoms with Crippen molar-refractivity contribution in [3.8, 4) is 0 Å². The van der Waals surface area contributed by atoms with E-state index >= 15 is 0 Å². The predicted molar refractivity (Wildman–Crippen MR) is 82.1 cm³/mol. The quantitative estimate of drug-likeness (QED) is 0.582. The number of rotatable bonds is 1. The first-order chi connectivity index (χ1) is 7.99. The van der Waals surface area contributed by atoms with Crippen LogP contribution in [0.2, 0.25) is 0 Å². The lowest BCUT2D eigenvalue weighted by Gasteiger charge is -2.33. The molecule has 0 bridgehead atoms. The summed E-state index contributed by atoms with van der Waals surface area (Å²) in [5, 5.41) is 0. The van der Waals surface area contributed by atoms with Crippen LogP contribution in [0.3, 0.4) is 0 Å². The Bertz CT molecular complexity index is 415. The summed E-state index contributed by atoms with van der Waals surface area (Å²) < 4.78 is 1.92. The number of carbonyl (C=O) groups is 1. The molecule has 1 aliphatic rings. The number of halogens is 3. The van der Waals surface area contributed by atoms with Crippen LogP contribution in [0.15, 0.2) is 14.3 Å². The van der Waals surface area contributed by atoms with Gasteiger partial charge in [-0.05, 0) is 50.3 Å². The highest BCUT2D eigenvalue weighted by Crippen LogP contribution is 2.34. The van der Waals surface area contributed by atoms with Gasteiger partial charge in [0.25, 0.3) is 5.91 Å². The maximum absolute atomic E-state index is 12.3. The molecule has 2 rings (SSSR count). The summed E-state index contributed by atoms with van der Waals surface area (Å²) in [5.74, 6) is 0.776. The first-order valence-corrected chi connectivity index (χ1v) is 8.69. The highest BCUT2D eigenvalue weighted by Gasteiger charge is 2.28. The van der Waals surface area contributed by atoms with E-state index in [1.165, 1.54) is 11.3 Å². The van der Waals surface area contributed by atoms with Crippen molar-refractivity contribution in [1.29, 1.82) is 0 Å². The summed E-state index contributed by atoms with van der Waals surface area (Å²) >= 11 is 12.0. The maximum Gasteiger partial charge on any atom is 0.264 e. The molecule has 1 aromatic heterocycles. The van der Waals surface area contributed by atoms with Gasteiger partial charge in [-0.25, -0.2) is 0 Å². The van der Waals surface area contributed by atoms with E-state index in [0.29, 0.717) is 10.7 Å². The lowest BCUT2D eigenvalue weighted by Crippen LogP contribution is -2.43. The van der Waals surface area contributed by atoms with Gasteiger partial charge in [0.05, 0.1) is 8.66 Å². The van der Waals surface area contributed by atoms with Crippen LogP contribution in [0.5, 0.6) is 0 Å². The first kappa shape index (κ1) is 14.0. The van der Waals surface area contributed by atoms with Gasteiger partial charge in [-0.3, -0.25) is 4.79 Å². The van der Waals surface area contributed by atoms with Crippen molar-refractivity contribution < 1.29 is 4.79 Å². The number of nitrogens with zero attached hydrogens (tertiary/aromatic N) is 1. The molecule has 0 N–H and O–H groups in total. The van der Waals surface area contributed by atoms with Gasteiger partial charge >= 0.3 is 0 Å². The minimum Gasteiger partial charge on any atom is -0.337 e. The van der Waals surface area contributed by atoms with Crippen molar-refractivity contribution in [3.05, 3.63) is 19.2 Å². The number of alkyl halides is 1. The van der Waals surface area contributed by atoms with Gasteiger partial charge in [0, 0.05) is 22.4 Å². The largest absolute Gasteiger partial charge is 0.337 e. The van der Waals surface area contributed by atoms with Gasteiger partial charge in [0.15, 0.2) is 0 Å². The standard InChI is InChI=1S/C11H12Br3NOS/c1-6-2-3-15(5-8(6)13)11(16)9-4-7(12)10(14)17-9/h4,6,8H,2-3,5H2,1H3. The molecule has 0 saturated carbocycles. The molecule has 1 amide bonds. The van der Waals surface area contributed by atoms with Gasteiger partial charge in [0.2, 0.25) is 0 Å². The van der Waals surface area contributed by atoms with Gasteiger partial charge < -0.3 is 4.90 Å². The Labute approximate surface area is 130 Å². The molecule has 0 aromatic carbocycles. The molecule has 2 atom stereocenters. The van der Waals surface area contributed by atoms with Gasteiger partial charge in [-0.2, -0.15) is 0 Å². The zero-order chi connectivity index (χ0) is 12.6. The van der Waals surface area contributed by atoms with Crippen molar-refractivity contribution in [2.24, 2.45) is 5.92 Å². The summed E-state index contributed by atoms with van der Waals surface area (Å²) in [6.07, 6.45) is 1.06. The second kappa shape index (κ2) is 5.72. The molecule has 1 fully saturated rings. The van der Waals surface area contributed by atoms with Crippen LogP contribution in [0, 0.1) is 5.92 Å². The zero-order valence-electron chi connectivity index (χ0n) is 9.25. The van der Waals surface area contributed by atoms with Crippen LogP contribution >= 0.6 is 59.1 Å². The normalized spacial score (nSPS) is 25.1. The molecule has 1 saturated heterocycles. The molecule has 0 spiro atoms. The van der Waals surface area contributed by atoms with E-state index < -0.39 is 0 Å². The Hall–Kier alpha value is 0.610. The van der Waals surface area contributed by atoms with Gasteiger partial charge in [-0.15, -0.1) is 11.3 Å². The summed E-state index contributed by atoms with van der Waals surface area (Å²) in [6, 6.07) is 1.89. The highest BCUT2D eigenvalue weighted by atomic mass is 79.9. The number of hydrogen-bond donors (Lipinski definition) is 0. The molecule has 2 unspecified atom stereocenters. The lowest BCUT2D eigenvalue weighted by molar-refractivity contribution is 0.0711. The average Bonchev–Trinajstić information content (AvgIpc) is 2.62. The molecule has 2 heterocycles. The SMILES string of the molecule is CC1CCN(C(=O)c2cc(Br)c(Br)s2)CC1Br. The molecule has 6 heteroatoms. The molecular weight excluding hydrogens is 434 g/mol. The molecule has 94 valence electrons. The Morgan fingerprint density at radius 1 is 1.53 bits per heavy atom. The van der Waals surface area contributed by atoms with Crippen molar-refractivity contribution in [2.75, 3.05) is 13.1 Å². The lowest BCUT2D eigenvalue weighted by atomic mass is 9.99. The fraction of sp³-hybridized carbons (Fsp3) is 0.545. The smallest absolute Gasteiger partial charge is 0.264 e. The second-order valence-corrected chi connectivity index (χ2v) is 8.67. The Morgan fingerprint density at radius 2 is 2.24 bits per heavy atom. The summed E-state index contributed by atoms with van der Waals surface area (Å²) in [6.45, 7) is 3.88. The number of likely N-dealkylation sites (tertiary alicyclic amines) is 1. The van der Waals surface area contributed by atoms with E-state index in [1.54, 1.807) is 0 Å². The number of amides is 1. The molecular formula is C11H12Br3NOS. The number of carbonyl (C=O) groups excluding carboxylic acids is 1. The second-order valence-electron chi connectivity index (χ2n) is 4.27. The van der Waals surface area contributed by atoms with Crippen LogP contribution in [-0.2, 0) is 0 Å². The van der Waals surface area contributed by atoms with E-state index in [4.69, 9.17) is 0 Å². The van der Waals surface area contributed by atoms with Crippen LogP contribution in [0.4, 0.5) is 0 Å². The van der Waals surface area contributed by atoms with Crippen molar-refractivity contribution in [2.45, 2.75) is 18.2 Å². The third-order valence-corrected chi connectivity index (χ3v) is 7.45. The number of thiophene rings is 1. The third-order valence-electron chi connectivity index (χ3n) is 3.01. The fourth-order valence-corrected chi connectivity index (χ4v) is 4.43. The number of hydrogen-bond acceptors (Lipinski definition) is 2. The highest BCUT2D eigenvalue weighted by molar-refractivity contribution is 9.13. The topological polar surface area (TPSA) is 20.3 Å². The van der Waals surface area contributed by atoms with Gasteiger partial charge in [0.1, 0.15) is 0 Å². The van der Waals surface area contributed by atoms with Crippen LogP contribution in [0.25, 0.3) is 0 Å². The molecule has 1 aliphatic heterocycles. The molecule has 0 aliphatic carbocycles. The monoisotopic (exact) mass is 443 g/mol. The van der Waals surface area contributed by atoms with E-state index in [2.05, 4.69) is 54.7 Å². The third kappa shape index (κ3) is 3.14. The van der Waals surface area contributed by atoms with Crippen LogP contribution in [0.1, 0.15) is 23.0 Å². The molecule has 17 heavy (non-hydrogen) atoms. The minimum absolute atomic E-state index is 0.137. The van der Waals surface area contributed by atoms with Crippen LogP contribution in [-0.4, -0.2) is 28.7 Å².